The number of nitrogens with one attached hydrogen (secondary N) is 1. The van der Waals surface area contributed by atoms with Crippen molar-refractivity contribution in [1.29, 1.82) is 0 Å². The van der Waals surface area contributed by atoms with E-state index < -0.39 is 0 Å². The Balaban J connectivity index is 0. The Hall–Kier alpha value is 0.396. The molecular formula is C13H20KN. The number of rotatable bonds is 3. The maximum absolute atomic E-state index is 7.29. The van der Waals surface area contributed by atoms with Gasteiger partial charge in [0, 0.05) is 0 Å². The first-order valence-corrected chi connectivity index (χ1v) is 5.13. The second-order valence-corrected chi connectivity index (χ2v) is 3.15. The molecule has 1 rings (SSSR count). The van der Waals surface area contributed by atoms with Crippen LogP contribution in [-0.4, -0.2) is 0 Å². The Bertz CT molecular complexity index is 264. The van der Waals surface area contributed by atoms with Gasteiger partial charge in [0.25, 0.3) is 0 Å². The molecule has 0 aliphatic carbocycles. The van der Waals surface area contributed by atoms with Gasteiger partial charge in [0.2, 0.25) is 0 Å². The molecule has 1 nitrogen and oxygen atoms in total. The fourth-order valence-corrected chi connectivity index (χ4v) is 1.03. The summed E-state index contributed by atoms with van der Waals surface area (Å²) < 4.78 is 0. The molecule has 0 saturated heterocycles. The Kier molecular flexibility index (Phi) is 12.9. The van der Waals surface area contributed by atoms with Gasteiger partial charge in [-0.3, -0.25) is 0 Å². The summed E-state index contributed by atoms with van der Waals surface area (Å²) in [5, 5.41) is 0. The molecule has 0 fully saturated rings. The van der Waals surface area contributed by atoms with Crippen LogP contribution >= 0.6 is 0 Å². The first-order chi connectivity index (χ1) is 6.68. The SMILES string of the molecule is C=C(C)CCc1ccc([NH-])cc1.CC.[K+]. The molecule has 0 aromatic heterocycles. The van der Waals surface area contributed by atoms with Crippen LogP contribution in [0.2, 0.25) is 0 Å². The second-order valence-electron chi connectivity index (χ2n) is 3.15. The molecule has 0 amide bonds. The van der Waals surface area contributed by atoms with E-state index in [0.717, 1.165) is 12.8 Å². The Morgan fingerprint density at radius 1 is 1.20 bits per heavy atom. The molecule has 0 aliphatic heterocycles. The smallest absolute Gasteiger partial charge is 0.699 e. The number of benzene rings is 1. The van der Waals surface area contributed by atoms with Gasteiger partial charge in [0.15, 0.2) is 0 Å². The van der Waals surface area contributed by atoms with Gasteiger partial charge in [0.05, 0.1) is 0 Å². The largest absolute Gasteiger partial charge is 1.00 e. The van der Waals surface area contributed by atoms with Crippen LogP contribution in [0.3, 0.4) is 0 Å². The van der Waals surface area contributed by atoms with E-state index in [0.29, 0.717) is 5.69 Å². The van der Waals surface area contributed by atoms with Gasteiger partial charge in [-0.15, -0.1) is 12.3 Å². The third-order valence-electron chi connectivity index (χ3n) is 1.79. The number of hydrogen-bond acceptors (Lipinski definition) is 0. The van der Waals surface area contributed by atoms with E-state index in [-0.39, 0.29) is 51.4 Å². The summed E-state index contributed by atoms with van der Waals surface area (Å²) in [5.74, 6) is 0. The first-order valence-electron chi connectivity index (χ1n) is 5.13. The summed E-state index contributed by atoms with van der Waals surface area (Å²) >= 11 is 0. The van der Waals surface area contributed by atoms with Crippen LogP contribution in [0, 0.1) is 0 Å². The van der Waals surface area contributed by atoms with E-state index in [1.807, 2.05) is 45.0 Å². The van der Waals surface area contributed by atoms with Crippen molar-refractivity contribution in [3.63, 3.8) is 0 Å². The zero-order valence-electron chi connectivity index (χ0n) is 10.4. The van der Waals surface area contributed by atoms with Crippen LogP contribution in [0.5, 0.6) is 0 Å². The van der Waals surface area contributed by atoms with Crippen LogP contribution in [0.4, 0.5) is 5.69 Å². The van der Waals surface area contributed by atoms with Gasteiger partial charge in [0.1, 0.15) is 0 Å². The topological polar surface area (TPSA) is 23.8 Å². The zero-order chi connectivity index (χ0) is 11.0. The summed E-state index contributed by atoms with van der Waals surface area (Å²) in [6, 6.07) is 7.66. The first kappa shape index (κ1) is 17.8. The Morgan fingerprint density at radius 2 is 1.67 bits per heavy atom. The summed E-state index contributed by atoms with van der Waals surface area (Å²) in [7, 11) is 0. The minimum atomic E-state index is 0. The van der Waals surface area contributed by atoms with E-state index in [4.69, 9.17) is 5.73 Å². The van der Waals surface area contributed by atoms with Crippen LogP contribution < -0.4 is 51.4 Å². The minimum Gasteiger partial charge on any atom is -0.699 e. The molecule has 78 valence electrons. The van der Waals surface area contributed by atoms with E-state index in [1.165, 1.54) is 11.1 Å². The molecule has 0 radical (unpaired) electrons. The van der Waals surface area contributed by atoms with Crippen molar-refractivity contribution in [3.8, 4) is 0 Å². The fraction of sp³-hybridized carbons (Fsp3) is 0.385. The fourth-order valence-electron chi connectivity index (χ4n) is 1.03. The van der Waals surface area contributed by atoms with Crippen molar-refractivity contribution in [2.24, 2.45) is 0 Å². The molecule has 15 heavy (non-hydrogen) atoms. The standard InChI is InChI=1S/C11H14N.C2H6.K/c1-9(2)3-4-10-5-7-11(12)8-6-10;1-2;/h5-8,12H,1,3-4H2,2H3;1-2H3;/q-1;;+1. The molecule has 1 aromatic carbocycles. The molecule has 1 aromatic rings. The third kappa shape index (κ3) is 9.33. The normalized spacial score (nSPS) is 8.20. The van der Waals surface area contributed by atoms with Crippen LogP contribution in [-0.2, 0) is 6.42 Å². The maximum Gasteiger partial charge on any atom is 1.00 e. The van der Waals surface area contributed by atoms with Crippen LogP contribution in [0.1, 0.15) is 32.8 Å². The predicted octanol–water partition coefficient (Wildman–Crippen LogP) is 1.91. The number of aryl methyl sites for hydroxylation is 1. The summed E-state index contributed by atoms with van der Waals surface area (Å²) in [5.41, 5.74) is 10.4. The van der Waals surface area contributed by atoms with Crippen molar-refractivity contribution in [3.05, 3.63) is 47.7 Å². The second kappa shape index (κ2) is 10.9. The summed E-state index contributed by atoms with van der Waals surface area (Å²) in [6.07, 6.45) is 2.08. The van der Waals surface area contributed by atoms with E-state index in [2.05, 4.69) is 6.58 Å². The molecule has 0 heterocycles. The van der Waals surface area contributed by atoms with Crippen LogP contribution in [0.25, 0.3) is 5.73 Å². The predicted molar refractivity (Wildman–Crippen MR) is 64.9 cm³/mol. The van der Waals surface area contributed by atoms with Crippen LogP contribution in [0.15, 0.2) is 36.4 Å². The molecule has 0 saturated carbocycles. The zero-order valence-corrected chi connectivity index (χ0v) is 13.6. The van der Waals surface area contributed by atoms with E-state index in [1.54, 1.807) is 0 Å². The molecule has 0 unspecified atom stereocenters. The molecular weight excluding hydrogens is 209 g/mol. The van der Waals surface area contributed by atoms with Gasteiger partial charge in [-0.05, 0) is 25.3 Å². The molecule has 0 aliphatic rings. The minimum absolute atomic E-state index is 0. The maximum atomic E-state index is 7.29. The van der Waals surface area contributed by atoms with Crippen molar-refractivity contribution in [1.82, 2.24) is 0 Å². The van der Waals surface area contributed by atoms with Gasteiger partial charge in [-0.1, -0.05) is 43.7 Å². The number of hydrogen-bond donors (Lipinski definition) is 0. The van der Waals surface area contributed by atoms with Crippen molar-refractivity contribution in [2.45, 2.75) is 33.6 Å². The summed E-state index contributed by atoms with van der Waals surface area (Å²) in [4.78, 5) is 0. The summed E-state index contributed by atoms with van der Waals surface area (Å²) in [6.45, 7) is 9.89. The quantitative estimate of drug-likeness (QED) is 0.558. The van der Waals surface area contributed by atoms with Crippen molar-refractivity contribution >= 4 is 5.69 Å². The average Bonchev–Trinajstić information content (AvgIpc) is 2.20. The molecule has 0 atom stereocenters. The third-order valence-corrected chi connectivity index (χ3v) is 1.79. The molecule has 0 spiro atoms. The molecule has 1 N–H and O–H groups in total. The monoisotopic (exact) mass is 229 g/mol. The van der Waals surface area contributed by atoms with Gasteiger partial charge < -0.3 is 5.73 Å². The van der Waals surface area contributed by atoms with Crippen molar-refractivity contribution in [2.75, 3.05) is 0 Å². The Morgan fingerprint density at radius 3 is 2.07 bits per heavy atom. The molecule has 0 bridgehead atoms. The van der Waals surface area contributed by atoms with Gasteiger partial charge in [-0.25, -0.2) is 0 Å². The molecule has 2 heteroatoms. The average molecular weight is 229 g/mol. The van der Waals surface area contributed by atoms with E-state index >= 15 is 0 Å². The van der Waals surface area contributed by atoms with Gasteiger partial charge in [-0.2, -0.15) is 0 Å². The Labute approximate surface area is 137 Å². The van der Waals surface area contributed by atoms with E-state index in [9.17, 15) is 0 Å². The number of allylic oxidation sites excluding steroid dienone is 1. The van der Waals surface area contributed by atoms with Crippen molar-refractivity contribution < 1.29 is 51.4 Å². The van der Waals surface area contributed by atoms with Gasteiger partial charge >= 0.3 is 51.4 Å².